The van der Waals surface area contributed by atoms with Crippen molar-refractivity contribution in [3.63, 3.8) is 0 Å². The summed E-state index contributed by atoms with van der Waals surface area (Å²) in [5.74, 6) is 1.44. The Labute approximate surface area is 197 Å². The van der Waals surface area contributed by atoms with Crippen molar-refractivity contribution < 1.29 is 14.3 Å². The number of hydrogen-bond donors (Lipinski definition) is 2. The molecule has 2 N–H and O–H groups in total. The van der Waals surface area contributed by atoms with E-state index in [0.717, 1.165) is 37.6 Å². The highest BCUT2D eigenvalue weighted by atomic mass is 127. The van der Waals surface area contributed by atoms with Crippen LogP contribution in [-0.2, 0) is 16.1 Å². The summed E-state index contributed by atoms with van der Waals surface area (Å²) in [6, 6.07) is 7.82. The molecule has 170 valence electrons. The summed E-state index contributed by atoms with van der Waals surface area (Å²) in [5.41, 5.74) is 1.01. The number of halogens is 1. The lowest BCUT2D eigenvalue weighted by Gasteiger charge is -2.41. The van der Waals surface area contributed by atoms with Gasteiger partial charge in [0.1, 0.15) is 5.75 Å². The van der Waals surface area contributed by atoms with E-state index in [9.17, 15) is 4.79 Å². The number of rotatable bonds is 8. The first-order chi connectivity index (χ1) is 13.8. The predicted molar refractivity (Wildman–Crippen MR) is 131 cm³/mol. The van der Waals surface area contributed by atoms with E-state index >= 15 is 0 Å². The number of methoxy groups -OCH3 is 1. The summed E-state index contributed by atoms with van der Waals surface area (Å²) in [4.78, 5) is 20.6. The molecule has 0 aliphatic carbocycles. The molecule has 30 heavy (non-hydrogen) atoms. The quantitative estimate of drug-likeness (QED) is 0.300. The molecule has 0 aromatic heterocycles. The minimum Gasteiger partial charge on any atom is -0.497 e. The molecule has 1 amide bonds. The van der Waals surface area contributed by atoms with Gasteiger partial charge in [0.2, 0.25) is 5.91 Å². The van der Waals surface area contributed by atoms with Gasteiger partial charge < -0.3 is 25.0 Å². The number of ether oxygens (including phenoxy) is 2. The largest absolute Gasteiger partial charge is 0.497 e. The lowest BCUT2D eigenvalue weighted by molar-refractivity contribution is -0.127. The van der Waals surface area contributed by atoms with Gasteiger partial charge in [-0.2, -0.15) is 0 Å². The average molecular weight is 533 g/mol. The second-order valence-corrected chi connectivity index (χ2v) is 7.92. The van der Waals surface area contributed by atoms with Gasteiger partial charge in [0.05, 0.1) is 33.4 Å². The van der Waals surface area contributed by atoms with Crippen molar-refractivity contribution in [3.05, 3.63) is 29.8 Å². The summed E-state index contributed by atoms with van der Waals surface area (Å²) in [5, 5.41) is 6.55. The van der Waals surface area contributed by atoms with Crippen LogP contribution < -0.4 is 15.4 Å². The molecule has 0 bridgehead atoms. The summed E-state index contributed by atoms with van der Waals surface area (Å²) in [6.07, 6.45) is 0. The number of likely N-dealkylation sites (N-methyl/N-ethyl adjacent to an activating group) is 1. The summed E-state index contributed by atoms with van der Waals surface area (Å²) >= 11 is 0. The number of nitrogens with one attached hydrogen (secondary N) is 2. The molecule has 0 radical (unpaired) electrons. The minimum absolute atomic E-state index is 0. The van der Waals surface area contributed by atoms with Crippen molar-refractivity contribution in [2.45, 2.75) is 25.9 Å². The average Bonchev–Trinajstić information content (AvgIpc) is 2.73. The molecule has 1 aromatic rings. The highest BCUT2D eigenvalue weighted by Crippen LogP contribution is 2.15. The monoisotopic (exact) mass is 533 g/mol. The third-order valence-corrected chi connectivity index (χ3v) is 5.04. The highest BCUT2D eigenvalue weighted by Gasteiger charge is 2.28. The Kier molecular flexibility index (Phi) is 11.4. The standard InChI is InChI=1S/C21H35N5O3.HI/c1-21(2,26-10-12-29-13-11-26)16-24-20(23-15-19(27)25(3)4)22-14-17-6-8-18(28-5)9-7-17;/h6-9H,10-16H2,1-5H3,(H2,22,23,24);1H. The van der Waals surface area contributed by atoms with E-state index in [2.05, 4.69) is 34.4 Å². The number of carbonyl (C=O) groups is 1. The number of nitrogens with zero attached hydrogens (tertiary/aromatic N) is 3. The fourth-order valence-electron chi connectivity index (χ4n) is 2.97. The maximum atomic E-state index is 12.0. The maximum absolute atomic E-state index is 12.0. The van der Waals surface area contributed by atoms with Crippen LogP contribution in [0.15, 0.2) is 29.3 Å². The van der Waals surface area contributed by atoms with Crippen LogP contribution in [0.4, 0.5) is 0 Å². The van der Waals surface area contributed by atoms with Crippen LogP contribution in [0.2, 0.25) is 0 Å². The fourth-order valence-corrected chi connectivity index (χ4v) is 2.97. The van der Waals surface area contributed by atoms with E-state index < -0.39 is 0 Å². The molecule has 0 saturated carbocycles. The van der Waals surface area contributed by atoms with Crippen LogP contribution >= 0.6 is 24.0 Å². The molecular formula is C21H36IN5O3. The van der Waals surface area contributed by atoms with E-state index in [0.29, 0.717) is 19.0 Å². The van der Waals surface area contributed by atoms with Crippen molar-refractivity contribution in [1.29, 1.82) is 0 Å². The van der Waals surface area contributed by atoms with Gasteiger partial charge in [-0.05, 0) is 31.5 Å². The lowest BCUT2D eigenvalue weighted by atomic mass is 10.0. The molecule has 1 aromatic carbocycles. The molecule has 9 heteroatoms. The highest BCUT2D eigenvalue weighted by molar-refractivity contribution is 14.0. The van der Waals surface area contributed by atoms with Gasteiger partial charge in [-0.25, -0.2) is 4.99 Å². The molecule has 2 rings (SSSR count). The van der Waals surface area contributed by atoms with Gasteiger partial charge in [-0.15, -0.1) is 24.0 Å². The lowest BCUT2D eigenvalue weighted by Crippen LogP contribution is -2.56. The zero-order valence-corrected chi connectivity index (χ0v) is 21.1. The predicted octanol–water partition coefficient (Wildman–Crippen LogP) is 1.55. The molecule has 0 unspecified atom stereocenters. The van der Waals surface area contributed by atoms with Crippen molar-refractivity contribution in [2.24, 2.45) is 4.99 Å². The van der Waals surface area contributed by atoms with Gasteiger partial charge in [-0.3, -0.25) is 9.69 Å². The Bertz CT molecular complexity index is 674. The van der Waals surface area contributed by atoms with Gasteiger partial charge in [0, 0.05) is 39.3 Å². The first-order valence-corrected chi connectivity index (χ1v) is 10.00. The molecule has 1 heterocycles. The Morgan fingerprint density at radius 2 is 1.83 bits per heavy atom. The normalized spacial score (nSPS) is 15.2. The van der Waals surface area contributed by atoms with Gasteiger partial charge >= 0.3 is 0 Å². The van der Waals surface area contributed by atoms with Crippen LogP contribution in [0.3, 0.4) is 0 Å². The van der Waals surface area contributed by atoms with E-state index in [1.807, 2.05) is 24.3 Å². The van der Waals surface area contributed by atoms with E-state index in [1.165, 1.54) is 0 Å². The smallest absolute Gasteiger partial charge is 0.241 e. The third-order valence-electron chi connectivity index (χ3n) is 5.04. The third kappa shape index (κ3) is 8.65. The number of morpholine rings is 1. The van der Waals surface area contributed by atoms with Gasteiger partial charge in [0.15, 0.2) is 5.96 Å². The molecule has 8 nitrogen and oxygen atoms in total. The Morgan fingerprint density at radius 1 is 1.20 bits per heavy atom. The number of guanidine groups is 1. The maximum Gasteiger partial charge on any atom is 0.241 e. The van der Waals surface area contributed by atoms with Crippen molar-refractivity contribution >= 4 is 35.8 Å². The van der Waals surface area contributed by atoms with Crippen LogP contribution in [0, 0.1) is 0 Å². The van der Waals surface area contributed by atoms with Crippen LogP contribution in [-0.4, -0.2) is 87.8 Å². The van der Waals surface area contributed by atoms with Crippen LogP contribution in [0.1, 0.15) is 19.4 Å². The van der Waals surface area contributed by atoms with E-state index in [4.69, 9.17) is 9.47 Å². The van der Waals surface area contributed by atoms with Crippen LogP contribution in [0.5, 0.6) is 5.75 Å². The molecule has 1 aliphatic rings. The Hall–Kier alpha value is -1.59. The molecule has 0 atom stereocenters. The SMILES string of the molecule is COc1ccc(CN=C(NCC(=O)N(C)C)NCC(C)(C)N2CCOCC2)cc1.I. The zero-order chi connectivity index (χ0) is 21.3. The number of aliphatic imine (C=N–C) groups is 1. The number of amides is 1. The van der Waals surface area contributed by atoms with Gasteiger partial charge in [0.25, 0.3) is 0 Å². The number of carbonyl (C=O) groups excluding carboxylic acids is 1. The second kappa shape index (κ2) is 13.0. The van der Waals surface area contributed by atoms with Crippen molar-refractivity contribution in [1.82, 2.24) is 20.4 Å². The number of benzene rings is 1. The van der Waals surface area contributed by atoms with Crippen molar-refractivity contribution in [3.8, 4) is 5.75 Å². The van der Waals surface area contributed by atoms with Crippen molar-refractivity contribution in [2.75, 3.05) is 60.6 Å². The molecule has 1 aliphatic heterocycles. The Balaban J connectivity index is 0.00000450. The summed E-state index contributed by atoms with van der Waals surface area (Å²) < 4.78 is 10.7. The minimum atomic E-state index is -0.0576. The van der Waals surface area contributed by atoms with Crippen LogP contribution in [0.25, 0.3) is 0 Å². The van der Waals surface area contributed by atoms with E-state index in [1.54, 1.807) is 26.1 Å². The Morgan fingerprint density at radius 3 is 2.40 bits per heavy atom. The molecular weight excluding hydrogens is 497 g/mol. The molecule has 0 spiro atoms. The van der Waals surface area contributed by atoms with E-state index in [-0.39, 0.29) is 42.0 Å². The van der Waals surface area contributed by atoms with Gasteiger partial charge in [-0.1, -0.05) is 12.1 Å². The fraction of sp³-hybridized carbons (Fsp3) is 0.619. The topological polar surface area (TPSA) is 78.4 Å². The second-order valence-electron chi connectivity index (χ2n) is 7.92. The summed E-state index contributed by atoms with van der Waals surface area (Å²) in [6.45, 7) is 9.17. The number of hydrogen-bond acceptors (Lipinski definition) is 5. The molecule has 1 fully saturated rings. The zero-order valence-electron chi connectivity index (χ0n) is 18.7. The molecule has 1 saturated heterocycles. The summed E-state index contributed by atoms with van der Waals surface area (Å²) in [7, 11) is 5.14. The first kappa shape index (κ1) is 26.4. The first-order valence-electron chi connectivity index (χ1n) is 10.00.